The lowest BCUT2D eigenvalue weighted by Crippen LogP contribution is -2.08. The predicted octanol–water partition coefficient (Wildman–Crippen LogP) is 2.47. The number of carbonyl (C=O) groups is 1. The highest BCUT2D eigenvalue weighted by atomic mass is 32.2. The Bertz CT molecular complexity index is 1270. The fourth-order valence-electron chi connectivity index (χ4n) is 2.66. The zero-order valence-electron chi connectivity index (χ0n) is 13.8. The maximum absolute atomic E-state index is 12.1. The van der Waals surface area contributed by atoms with Crippen LogP contribution in [0.1, 0.15) is 6.92 Å². The molecule has 4 aromatic heterocycles. The van der Waals surface area contributed by atoms with Gasteiger partial charge < -0.3 is 5.32 Å². The lowest BCUT2D eigenvalue weighted by atomic mass is 10.2. The monoisotopic (exact) mass is 387 g/mol. The van der Waals surface area contributed by atoms with E-state index in [-0.39, 0.29) is 5.91 Å². The molecule has 26 heavy (non-hydrogen) atoms. The fourth-order valence-corrected chi connectivity index (χ4v) is 4.35. The maximum atomic E-state index is 12.1. The van der Waals surface area contributed by atoms with Crippen molar-refractivity contribution in [1.29, 1.82) is 0 Å². The van der Waals surface area contributed by atoms with E-state index in [0.717, 1.165) is 6.26 Å². The van der Waals surface area contributed by atoms with E-state index in [2.05, 4.69) is 20.3 Å². The van der Waals surface area contributed by atoms with Crippen LogP contribution in [0.4, 0.5) is 5.13 Å². The Morgan fingerprint density at radius 2 is 2.04 bits per heavy atom. The van der Waals surface area contributed by atoms with Crippen molar-refractivity contribution in [1.82, 2.24) is 18.9 Å². The number of thiazole rings is 1. The minimum atomic E-state index is -3.48. The molecule has 1 amide bonds. The summed E-state index contributed by atoms with van der Waals surface area (Å²) in [5.74, 6) is -0.204. The molecule has 0 bridgehead atoms. The Balaban J connectivity index is 1.91. The van der Waals surface area contributed by atoms with Crippen LogP contribution in [0.15, 0.2) is 36.7 Å². The van der Waals surface area contributed by atoms with Crippen molar-refractivity contribution in [2.24, 2.45) is 0 Å². The largest absolute Gasteiger partial charge is 0.302 e. The van der Waals surface area contributed by atoms with Gasteiger partial charge in [0.15, 0.2) is 5.13 Å². The number of anilines is 1. The third-order valence-corrected chi connectivity index (χ3v) is 5.59. The van der Waals surface area contributed by atoms with Gasteiger partial charge in [-0.25, -0.2) is 22.4 Å². The molecule has 4 aromatic rings. The molecule has 0 aliphatic carbocycles. The number of amides is 1. The Labute approximate surface area is 152 Å². The van der Waals surface area contributed by atoms with Crippen LogP contribution in [0.3, 0.4) is 0 Å². The number of nitrogens with zero attached hydrogens (tertiary/aromatic N) is 4. The van der Waals surface area contributed by atoms with E-state index in [9.17, 15) is 13.2 Å². The van der Waals surface area contributed by atoms with Gasteiger partial charge in [-0.3, -0.25) is 9.78 Å². The van der Waals surface area contributed by atoms with E-state index in [1.54, 1.807) is 30.5 Å². The molecule has 1 N–H and O–H groups in total. The zero-order chi connectivity index (χ0) is 18.5. The lowest BCUT2D eigenvalue weighted by Gasteiger charge is -1.99. The summed E-state index contributed by atoms with van der Waals surface area (Å²) >= 11 is 1.25. The summed E-state index contributed by atoms with van der Waals surface area (Å²) in [6.45, 7) is 1.41. The topological polar surface area (TPSA) is 107 Å². The molecule has 0 fully saturated rings. The Morgan fingerprint density at radius 1 is 1.23 bits per heavy atom. The van der Waals surface area contributed by atoms with Gasteiger partial charge in [-0.2, -0.15) is 0 Å². The summed E-state index contributed by atoms with van der Waals surface area (Å²) < 4.78 is 25.4. The van der Waals surface area contributed by atoms with Gasteiger partial charge in [0.2, 0.25) is 15.9 Å². The minimum absolute atomic E-state index is 0.204. The molecule has 4 heterocycles. The Hall–Kier alpha value is -2.85. The average molecular weight is 387 g/mol. The third kappa shape index (κ3) is 2.82. The van der Waals surface area contributed by atoms with Crippen molar-refractivity contribution in [2.45, 2.75) is 6.92 Å². The summed E-state index contributed by atoms with van der Waals surface area (Å²) in [5, 5.41) is 3.11. The molecule has 0 aliphatic rings. The summed E-state index contributed by atoms with van der Waals surface area (Å²) in [5.41, 5.74) is 2.90. The molecule has 4 rings (SSSR count). The van der Waals surface area contributed by atoms with Gasteiger partial charge in [0.1, 0.15) is 10.3 Å². The second-order valence-corrected chi connectivity index (χ2v) is 8.53. The van der Waals surface area contributed by atoms with Gasteiger partial charge in [0.25, 0.3) is 0 Å². The number of pyridine rings is 2. The van der Waals surface area contributed by atoms with Crippen LogP contribution in [0, 0.1) is 0 Å². The highest BCUT2D eigenvalue weighted by Gasteiger charge is 2.18. The molecule has 0 aliphatic heterocycles. The van der Waals surface area contributed by atoms with Crippen molar-refractivity contribution in [3.8, 4) is 11.3 Å². The second kappa shape index (κ2) is 5.85. The third-order valence-electron chi connectivity index (χ3n) is 3.70. The first kappa shape index (κ1) is 16.6. The predicted molar refractivity (Wildman–Crippen MR) is 101 cm³/mol. The molecule has 0 radical (unpaired) electrons. The SMILES string of the molecule is CC(=O)Nc1nc2ccc(-c3cn(S(C)(=O)=O)c4cccnc34)nc2s1. The number of hydrogen-bond acceptors (Lipinski definition) is 7. The van der Waals surface area contributed by atoms with E-state index in [4.69, 9.17) is 0 Å². The number of rotatable bonds is 3. The Kier molecular flexibility index (Phi) is 3.74. The molecular formula is C16H13N5O3S2. The maximum Gasteiger partial charge on any atom is 0.236 e. The molecule has 0 saturated heterocycles. The number of nitrogens with one attached hydrogen (secondary N) is 1. The second-order valence-electron chi connectivity index (χ2n) is 5.69. The highest BCUT2D eigenvalue weighted by Crippen LogP contribution is 2.32. The average Bonchev–Trinajstić information content (AvgIpc) is 3.13. The standard InChI is InChI=1S/C16H13N5O3S2/c1-9(22)18-16-20-12-6-5-11(19-15(12)25-16)10-8-21(26(2,23)24)13-4-3-7-17-14(10)13/h3-8H,1-2H3,(H,18,20,22). The van der Waals surface area contributed by atoms with Crippen molar-refractivity contribution in [3.63, 3.8) is 0 Å². The van der Waals surface area contributed by atoms with E-state index < -0.39 is 10.0 Å². The molecule has 0 aromatic carbocycles. The van der Waals surface area contributed by atoms with Crippen LogP contribution >= 0.6 is 11.3 Å². The first-order valence-electron chi connectivity index (χ1n) is 7.55. The van der Waals surface area contributed by atoms with Gasteiger partial charge in [-0.1, -0.05) is 11.3 Å². The summed E-state index contributed by atoms with van der Waals surface area (Å²) in [7, 11) is -3.48. The molecule has 0 unspecified atom stereocenters. The van der Waals surface area contributed by atoms with Crippen LogP contribution in [0.2, 0.25) is 0 Å². The smallest absolute Gasteiger partial charge is 0.236 e. The number of carbonyl (C=O) groups excluding carboxylic acids is 1. The van der Waals surface area contributed by atoms with Crippen LogP contribution in [-0.2, 0) is 14.8 Å². The lowest BCUT2D eigenvalue weighted by molar-refractivity contribution is -0.114. The highest BCUT2D eigenvalue weighted by molar-refractivity contribution is 7.89. The van der Waals surface area contributed by atoms with Crippen molar-refractivity contribution < 1.29 is 13.2 Å². The van der Waals surface area contributed by atoms with Crippen molar-refractivity contribution >= 4 is 53.8 Å². The quantitative estimate of drug-likeness (QED) is 0.579. The van der Waals surface area contributed by atoms with Gasteiger partial charge in [0.05, 0.1) is 23.0 Å². The normalized spacial score (nSPS) is 11.9. The molecule has 8 nitrogen and oxygen atoms in total. The minimum Gasteiger partial charge on any atom is -0.302 e. The number of fused-ring (bicyclic) bond motifs is 2. The van der Waals surface area contributed by atoms with Crippen LogP contribution < -0.4 is 5.32 Å². The van der Waals surface area contributed by atoms with E-state index >= 15 is 0 Å². The first-order chi connectivity index (χ1) is 12.3. The molecule has 0 spiro atoms. The van der Waals surface area contributed by atoms with Gasteiger partial charge >= 0.3 is 0 Å². The molecule has 0 saturated carbocycles. The van der Waals surface area contributed by atoms with Crippen LogP contribution in [-0.4, -0.2) is 39.5 Å². The van der Waals surface area contributed by atoms with E-state index in [1.807, 2.05) is 0 Å². The summed E-state index contributed by atoms with van der Waals surface area (Å²) in [4.78, 5) is 25.0. The number of hydrogen-bond donors (Lipinski definition) is 1. The van der Waals surface area contributed by atoms with Crippen molar-refractivity contribution in [3.05, 3.63) is 36.7 Å². The van der Waals surface area contributed by atoms with Crippen LogP contribution in [0.5, 0.6) is 0 Å². The summed E-state index contributed by atoms with van der Waals surface area (Å²) in [6.07, 6.45) is 4.28. The van der Waals surface area contributed by atoms with Gasteiger partial charge in [0, 0.05) is 24.9 Å². The van der Waals surface area contributed by atoms with Gasteiger partial charge in [-0.05, 0) is 24.3 Å². The zero-order valence-corrected chi connectivity index (χ0v) is 15.4. The van der Waals surface area contributed by atoms with Crippen LogP contribution in [0.25, 0.3) is 32.6 Å². The molecule has 132 valence electrons. The Morgan fingerprint density at radius 3 is 2.77 bits per heavy atom. The van der Waals surface area contributed by atoms with E-state index in [0.29, 0.717) is 37.8 Å². The molecular weight excluding hydrogens is 374 g/mol. The fraction of sp³-hybridized carbons (Fsp3) is 0.125. The summed E-state index contributed by atoms with van der Waals surface area (Å²) in [6, 6.07) is 6.93. The molecule has 0 atom stereocenters. The van der Waals surface area contributed by atoms with Crippen molar-refractivity contribution in [2.75, 3.05) is 11.6 Å². The van der Waals surface area contributed by atoms with Gasteiger partial charge in [-0.15, -0.1) is 0 Å². The first-order valence-corrected chi connectivity index (χ1v) is 10.2. The molecule has 10 heteroatoms. The number of aromatic nitrogens is 4. The van der Waals surface area contributed by atoms with E-state index in [1.165, 1.54) is 28.4 Å².